The summed E-state index contributed by atoms with van der Waals surface area (Å²) >= 11 is 5.75. The van der Waals surface area contributed by atoms with E-state index in [1.807, 2.05) is 0 Å². The first kappa shape index (κ1) is 19.2. The van der Waals surface area contributed by atoms with E-state index in [4.69, 9.17) is 11.6 Å². The molecule has 10 heteroatoms. The molecule has 1 saturated heterocycles. The van der Waals surface area contributed by atoms with Gasteiger partial charge < -0.3 is 0 Å². The summed E-state index contributed by atoms with van der Waals surface area (Å²) < 4.78 is 79.0. The van der Waals surface area contributed by atoms with Gasteiger partial charge in [0.2, 0.25) is 10.0 Å². The summed E-state index contributed by atoms with van der Waals surface area (Å²) in [6.45, 7) is -0.519. The predicted molar refractivity (Wildman–Crippen MR) is 92.2 cm³/mol. The summed E-state index contributed by atoms with van der Waals surface area (Å²) in [4.78, 5) is -1.05. The second-order valence-corrected chi connectivity index (χ2v) is 10.4. The van der Waals surface area contributed by atoms with E-state index in [2.05, 4.69) is 0 Å². The predicted octanol–water partition coefficient (Wildman–Crippen LogP) is 2.86. The van der Waals surface area contributed by atoms with Gasteiger partial charge in [-0.3, -0.25) is 0 Å². The molecule has 1 unspecified atom stereocenters. The molecule has 0 bridgehead atoms. The Morgan fingerprint density at radius 1 is 0.962 bits per heavy atom. The maximum Gasteiger partial charge on any atom is 0.248 e. The summed E-state index contributed by atoms with van der Waals surface area (Å²) in [5.74, 6) is -2.43. The summed E-state index contributed by atoms with van der Waals surface area (Å²) in [5.41, 5.74) is 0. The molecule has 1 heterocycles. The molecule has 1 atom stereocenters. The molecule has 140 valence electrons. The summed E-state index contributed by atoms with van der Waals surface area (Å²) in [6, 6.07) is 8.26. The van der Waals surface area contributed by atoms with Gasteiger partial charge in [0, 0.05) is 18.1 Å². The third kappa shape index (κ3) is 3.36. The van der Waals surface area contributed by atoms with E-state index >= 15 is 0 Å². The molecule has 1 fully saturated rings. The SMILES string of the molecule is O=S(=O)(c1ccc(Cl)cc1)C1CCN(S(=O)(=O)c2c(F)cccc2F)C1. The number of nitrogens with zero attached hydrogens (tertiary/aromatic N) is 1. The summed E-state index contributed by atoms with van der Waals surface area (Å²) in [5, 5.41) is -0.636. The van der Waals surface area contributed by atoms with Gasteiger partial charge in [-0.25, -0.2) is 25.6 Å². The second-order valence-electron chi connectivity index (χ2n) is 5.82. The van der Waals surface area contributed by atoms with Crippen LogP contribution < -0.4 is 0 Å². The van der Waals surface area contributed by atoms with Crippen molar-refractivity contribution in [3.63, 3.8) is 0 Å². The van der Waals surface area contributed by atoms with E-state index in [1.165, 1.54) is 24.3 Å². The molecule has 0 saturated carbocycles. The van der Waals surface area contributed by atoms with Crippen molar-refractivity contribution in [1.29, 1.82) is 0 Å². The van der Waals surface area contributed by atoms with Crippen LogP contribution in [0.15, 0.2) is 52.3 Å². The molecular formula is C16H14ClF2NO4S2. The van der Waals surface area contributed by atoms with E-state index in [1.54, 1.807) is 0 Å². The Bertz CT molecular complexity index is 1020. The van der Waals surface area contributed by atoms with Gasteiger partial charge in [-0.15, -0.1) is 0 Å². The molecule has 0 radical (unpaired) electrons. The zero-order chi connectivity index (χ0) is 19.1. The number of rotatable bonds is 4. The average Bonchev–Trinajstić information content (AvgIpc) is 3.06. The van der Waals surface area contributed by atoms with Crippen LogP contribution in [0.2, 0.25) is 5.02 Å². The third-order valence-electron chi connectivity index (χ3n) is 4.21. The van der Waals surface area contributed by atoms with E-state index in [-0.39, 0.29) is 24.4 Å². The van der Waals surface area contributed by atoms with Gasteiger partial charge in [-0.05, 0) is 42.8 Å². The Hall–Kier alpha value is -1.55. The molecular weight excluding hydrogens is 408 g/mol. The lowest BCUT2D eigenvalue weighted by Crippen LogP contribution is -2.33. The van der Waals surface area contributed by atoms with Crippen molar-refractivity contribution in [3.05, 3.63) is 59.1 Å². The summed E-state index contributed by atoms with van der Waals surface area (Å²) in [6.07, 6.45) is 0.0280. The fourth-order valence-electron chi connectivity index (χ4n) is 2.84. The van der Waals surface area contributed by atoms with Crippen molar-refractivity contribution in [2.24, 2.45) is 0 Å². The van der Waals surface area contributed by atoms with E-state index in [0.29, 0.717) is 5.02 Å². The Kier molecular flexibility index (Phi) is 5.08. The first-order valence-corrected chi connectivity index (χ1v) is 10.9. The lowest BCUT2D eigenvalue weighted by molar-refractivity contribution is 0.455. The van der Waals surface area contributed by atoms with Gasteiger partial charge in [-0.2, -0.15) is 4.31 Å². The van der Waals surface area contributed by atoms with Crippen molar-refractivity contribution in [3.8, 4) is 0 Å². The number of hydrogen-bond acceptors (Lipinski definition) is 4. The lowest BCUT2D eigenvalue weighted by atomic mass is 10.3. The van der Waals surface area contributed by atoms with Crippen molar-refractivity contribution in [2.75, 3.05) is 13.1 Å². The minimum absolute atomic E-state index is 0.0169. The van der Waals surface area contributed by atoms with Crippen LogP contribution in [0.3, 0.4) is 0 Å². The molecule has 0 N–H and O–H groups in total. The van der Waals surface area contributed by atoms with Crippen LogP contribution in [-0.4, -0.2) is 39.5 Å². The number of sulfonamides is 1. The number of benzene rings is 2. The Morgan fingerprint density at radius 3 is 2.12 bits per heavy atom. The zero-order valence-electron chi connectivity index (χ0n) is 13.3. The van der Waals surface area contributed by atoms with E-state index in [9.17, 15) is 25.6 Å². The third-order valence-corrected chi connectivity index (χ3v) is 8.57. The topological polar surface area (TPSA) is 71.5 Å². The summed E-state index contributed by atoms with van der Waals surface area (Å²) in [7, 11) is -8.29. The van der Waals surface area contributed by atoms with E-state index < -0.39 is 41.6 Å². The van der Waals surface area contributed by atoms with Crippen LogP contribution in [0.4, 0.5) is 8.78 Å². The molecule has 2 aromatic carbocycles. The molecule has 0 amide bonds. The highest BCUT2D eigenvalue weighted by atomic mass is 35.5. The van der Waals surface area contributed by atoms with Crippen molar-refractivity contribution >= 4 is 31.5 Å². The Balaban J connectivity index is 1.90. The standard InChI is InChI=1S/C16H14ClF2NO4S2/c17-11-4-6-12(7-5-11)25(21,22)13-8-9-20(10-13)26(23,24)16-14(18)2-1-3-15(16)19/h1-7,13H,8-10H2. The highest BCUT2D eigenvalue weighted by Gasteiger charge is 2.41. The lowest BCUT2D eigenvalue weighted by Gasteiger charge is -2.17. The van der Waals surface area contributed by atoms with Gasteiger partial charge >= 0.3 is 0 Å². The van der Waals surface area contributed by atoms with Gasteiger partial charge in [0.05, 0.1) is 10.1 Å². The number of hydrogen-bond donors (Lipinski definition) is 0. The van der Waals surface area contributed by atoms with Crippen molar-refractivity contribution in [1.82, 2.24) is 4.31 Å². The van der Waals surface area contributed by atoms with Crippen LogP contribution in [-0.2, 0) is 19.9 Å². The first-order chi connectivity index (χ1) is 12.1. The minimum atomic E-state index is -4.48. The smallest absolute Gasteiger partial charge is 0.223 e. The fraction of sp³-hybridized carbons (Fsp3) is 0.250. The molecule has 0 aliphatic carbocycles. The largest absolute Gasteiger partial charge is 0.248 e. The second kappa shape index (κ2) is 6.88. The van der Waals surface area contributed by atoms with Crippen molar-refractivity contribution < 1.29 is 25.6 Å². The normalized spacial score (nSPS) is 19.0. The van der Waals surface area contributed by atoms with Crippen LogP contribution in [0.1, 0.15) is 6.42 Å². The maximum absolute atomic E-state index is 13.9. The maximum atomic E-state index is 13.9. The fourth-order valence-corrected chi connectivity index (χ4v) is 6.37. The average molecular weight is 422 g/mol. The van der Waals surface area contributed by atoms with Crippen LogP contribution >= 0.6 is 11.6 Å². The number of halogens is 3. The highest BCUT2D eigenvalue weighted by Crippen LogP contribution is 2.30. The Labute approximate surface area is 155 Å². The highest BCUT2D eigenvalue weighted by molar-refractivity contribution is 7.92. The van der Waals surface area contributed by atoms with Crippen LogP contribution in [0, 0.1) is 11.6 Å². The molecule has 1 aliphatic rings. The molecule has 5 nitrogen and oxygen atoms in total. The van der Waals surface area contributed by atoms with Gasteiger partial charge in [0.1, 0.15) is 11.6 Å². The van der Waals surface area contributed by atoms with Crippen molar-refractivity contribution in [2.45, 2.75) is 21.5 Å². The molecule has 2 aromatic rings. The van der Waals surface area contributed by atoms with Crippen LogP contribution in [0.5, 0.6) is 0 Å². The van der Waals surface area contributed by atoms with Gasteiger partial charge in [0.15, 0.2) is 14.7 Å². The minimum Gasteiger partial charge on any atom is -0.223 e. The zero-order valence-corrected chi connectivity index (χ0v) is 15.7. The number of sulfone groups is 1. The van der Waals surface area contributed by atoms with Gasteiger partial charge in [-0.1, -0.05) is 17.7 Å². The molecule has 26 heavy (non-hydrogen) atoms. The monoisotopic (exact) mass is 421 g/mol. The van der Waals surface area contributed by atoms with Crippen LogP contribution in [0.25, 0.3) is 0 Å². The molecule has 0 aromatic heterocycles. The first-order valence-electron chi connectivity index (χ1n) is 7.57. The molecule has 1 aliphatic heterocycles. The molecule has 3 rings (SSSR count). The van der Waals surface area contributed by atoms with Gasteiger partial charge in [0.25, 0.3) is 0 Å². The Morgan fingerprint density at radius 2 is 1.54 bits per heavy atom. The van der Waals surface area contributed by atoms with E-state index in [0.717, 1.165) is 22.5 Å². The quantitative estimate of drug-likeness (QED) is 0.761. The molecule has 0 spiro atoms.